The first-order valence-electron chi connectivity index (χ1n) is 5.78. The molecule has 0 aromatic carbocycles. The Morgan fingerprint density at radius 3 is 2.24 bits per heavy atom. The molecule has 0 spiro atoms. The predicted molar refractivity (Wildman–Crippen MR) is 65.4 cm³/mol. The fourth-order valence-corrected chi connectivity index (χ4v) is 0.966. The molecule has 1 unspecified atom stereocenters. The van der Waals surface area contributed by atoms with Gasteiger partial charge in [0.2, 0.25) is 5.60 Å². The van der Waals surface area contributed by atoms with E-state index in [1.165, 1.54) is 19.9 Å². The van der Waals surface area contributed by atoms with Crippen LogP contribution in [0.15, 0.2) is 11.6 Å². The zero-order valence-corrected chi connectivity index (χ0v) is 11.5. The van der Waals surface area contributed by atoms with E-state index in [1.54, 1.807) is 20.8 Å². The minimum atomic E-state index is -1.26. The second-order valence-corrected chi connectivity index (χ2v) is 4.78. The van der Waals surface area contributed by atoms with Gasteiger partial charge in [0.1, 0.15) is 0 Å². The van der Waals surface area contributed by atoms with Gasteiger partial charge in [-0.15, -0.1) is 0 Å². The highest BCUT2D eigenvalue weighted by Gasteiger charge is 2.34. The van der Waals surface area contributed by atoms with Crippen molar-refractivity contribution in [3.05, 3.63) is 11.6 Å². The van der Waals surface area contributed by atoms with Crippen molar-refractivity contribution in [1.29, 1.82) is 0 Å². The lowest BCUT2D eigenvalue weighted by molar-refractivity contribution is -0.179. The second kappa shape index (κ2) is 6.42. The first-order valence-corrected chi connectivity index (χ1v) is 5.78. The Morgan fingerprint density at radius 1 is 1.29 bits per heavy atom. The van der Waals surface area contributed by atoms with Crippen LogP contribution in [0.5, 0.6) is 0 Å². The summed E-state index contributed by atoms with van der Waals surface area (Å²) in [6.07, 6.45) is 1.89. The van der Waals surface area contributed by atoms with Gasteiger partial charge in [-0.25, -0.2) is 9.59 Å². The number of carbonyl (C=O) groups is 2. The molecule has 0 aliphatic carbocycles. The fraction of sp³-hybridized carbons (Fsp3) is 0.692. The SMILES string of the molecule is CCC(C)OC(=O)C(C)(C)OC(=O)C=C(C)C. The molecule has 0 heterocycles. The van der Waals surface area contributed by atoms with E-state index in [0.29, 0.717) is 0 Å². The summed E-state index contributed by atoms with van der Waals surface area (Å²) in [7, 11) is 0. The predicted octanol–water partition coefficient (Wildman–Crippen LogP) is 2.62. The quantitative estimate of drug-likeness (QED) is 0.549. The van der Waals surface area contributed by atoms with E-state index >= 15 is 0 Å². The Bertz CT molecular complexity index is 311. The number of hydrogen-bond donors (Lipinski definition) is 0. The number of allylic oxidation sites excluding steroid dienone is 1. The lowest BCUT2D eigenvalue weighted by Crippen LogP contribution is -2.39. The number of carbonyl (C=O) groups excluding carboxylic acids is 2. The zero-order chi connectivity index (χ0) is 13.6. The van der Waals surface area contributed by atoms with E-state index in [0.717, 1.165) is 12.0 Å². The van der Waals surface area contributed by atoms with Gasteiger partial charge in [-0.2, -0.15) is 0 Å². The van der Waals surface area contributed by atoms with Gasteiger partial charge in [0.25, 0.3) is 0 Å². The Hall–Kier alpha value is -1.32. The van der Waals surface area contributed by atoms with Gasteiger partial charge >= 0.3 is 11.9 Å². The van der Waals surface area contributed by atoms with Crippen LogP contribution >= 0.6 is 0 Å². The van der Waals surface area contributed by atoms with Crippen molar-refractivity contribution < 1.29 is 19.1 Å². The molecule has 0 bridgehead atoms. The number of ether oxygens (including phenoxy) is 2. The Morgan fingerprint density at radius 2 is 1.82 bits per heavy atom. The topological polar surface area (TPSA) is 52.6 Å². The molecule has 0 aromatic heterocycles. The molecule has 4 nitrogen and oxygen atoms in total. The average molecular weight is 242 g/mol. The van der Waals surface area contributed by atoms with Crippen LogP contribution < -0.4 is 0 Å². The van der Waals surface area contributed by atoms with Gasteiger partial charge in [0, 0.05) is 6.08 Å². The molecule has 0 amide bonds. The van der Waals surface area contributed by atoms with E-state index in [4.69, 9.17) is 9.47 Å². The van der Waals surface area contributed by atoms with E-state index in [1.807, 2.05) is 6.92 Å². The highest BCUT2D eigenvalue weighted by atomic mass is 16.6. The minimum Gasteiger partial charge on any atom is -0.460 e. The maximum atomic E-state index is 11.7. The summed E-state index contributed by atoms with van der Waals surface area (Å²) < 4.78 is 10.2. The van der Waals surface area contributed by atoms with Gasteiger partial charge in [0.15, 0.2) is 0 Å². The summed E-state index contributed by atoms with van der Waals surface area (Å²) in [5.74, 6) is -1.06. The lowest BCUT2D eigenvalue weighted by Gasteiger charge is -2.24. The van der Waals surface area contributed by atoms with Crippen LogP contribution in [-0.2, 0) is 19.1 Å². The summed E-state index contributed by atoms with van der Waals surface area (Å²) in [6, 6.07) is 0. The highest BCUT2D eigenvalue weighted by Crippen LogP contribution is 2.14. The van der Waals surface area contributed by atoms with Crippen LogP contribution in [0.2, 0.25) is 0 Å². The average Bonchev–Trinajstić information content (AvgIpc) is 2.14. The molecule has 0 rings (SSSR count). The smallest absolute Gasteiger partial charge is 0.350 e. The van der Waals surface area contributed by atoms with Gasteiger partial charge < -0.3 is 9.47 Å². The van der Waals surface area contributed by atoms with Gasteiger partial charge in [0.05, 0.1) is 6.10 Å². The fourth-order valence-electron chi connectivity index (χ4n) is 0.966. The third-order valence-electron chi connectivity index (χ3n) is 2.14. The van der Waals surface area contributed by atoms with Gasteiger partial charge in [-0.05, 0) is 41.0 Å². The van der Waals surface area contributed by atoms with Crippen LogP contribution in [0.4, 0.5) is 0 Å². The van der Waals surface area contributed by atoms with Crippen LogP contribution in [0, 0.1) is 0 Å². The first-order chi connectivity index (χ1) is 7.69. The molecule has 1 atom stereocenters. The Labute approximate surface area is 103 Å². The van der Waals surface area contributed by atoms with Crippen molar-refractivity contribution in [3.8, 4) is 0 Å². The normalized spacial score (nSPS) is 12.6. The third kappa shape index (κ3) is 6.09. The summed E-state index contributed by atoms with van der Waals surface area (Å²) in [5.41, 5.74) is -0.437. The number of rotatable bonds is 5. The Kier molecular flexibility index (Phi) is 5.93. The summed E-state index contributed by atoms with van der Waals surface area (Å²) in [6.45, 7) is 10.3. The van der Waals surface area contributed by atoms with Crippen LogP contribution in [0.25, 0.3) is 0 Å². The molecule has 0 N–H and O–H groups in total. The monoisotopic (exact) mass is 242 g/mol. The number of esters is 2. The van der Waals surface area contributed by atoms with Crippen molar-refractivity contribution in [2.75, 3.05) is 0 Å². The molecule has 98 valence electrons. The minimum absolute atomic E-state index is 0.177. The Balaban J connectivity index is 4.51. The molecule has 0 fully saturated rings. The maximum Gasteiger partial charge on any atom is 0.350 e. The van der Waals surface area contributed by atoms with E-state index in [-0.39, 0.29) is 6.10 Å². The van der Waals surface area contributed by atoms with Crippen LogP contribution in [0.1, 0.15) is 48.0 Å². The van der Waals surface area contributed by atoms with E-state index < -0.39 is 17.5 Å². The molecule has 4 heteroatoms. The molecule has 0 aromatic rings. The van der Waals surface area contributed by atoms with Gasteiger partial charge in [-0.1, -0.05) is 12.5 Å². The van der Waals surface area contributed by atoms with Crippen molar-refractivity contribution in [2.45, 2.75) is 59.7 Å². The molecule has 0 saturated carbocycles. The largest absolute Gasteiger partial charge is 0.460 e. The third-order valence-corrected chi connectivity index (χ3v) is 2.14. The molecule has 0 aliphatic rings. The van der Waals surface area contributed by atoms with E-state index in [9.17, 15) is 9.59 Å². The molecular formula is C13H22O4. The van der Waals surface area contributed by atoms with Crippen LogP contribution in [0.3, 0.4) is 0 Å². The number of hydrogen-bond acceptors (Lipinski definition) is 4. The molecular weight excluding hydrogens is 220 g/mol. The maximum absolute atomic E-state index is 11.7. The lowest BCUT2D eigenvalue weighted by atomic mass is 10.1. The van der Waals surface area contributed by atoms with Crippen molar-refractivity contribution in [2.24, 2.45) is 0 Å². The molecule has 0 saturated heterocycles. The van der Waals surface area contributed by atoms with Crippen molar-refractivity contribution in [3.63, 3.8) is 0 Å². The van der Waals surface area contributed by atoms with Crippen LogP contribution in [-0.4, -0.2) is 23.6 Å². The highest BCUT2D eigenvalue weighted by molar-refractivity contribution is 5.87. The van der Waals surface area contributed by atoms with Crippen molar-refractivity contribution in [1.82, 2.24) is 0 Å². The molecule has 0 radical (unpaired) electrons. The zero-order valence-electron chi connectivity index (χ0n) is 11.5. The molecule has 0 aliphatic heterocycles. The molecule has 17 heavy (non-hydrogen) atoms. The second-order valence-electron chi connectivity index (χ2n) is 4.78. The van der Waals surface area contributed by atoms with Crippen molar-refractivity contribution >= 4 is 11.9 Å². The first kappa shape index (κ1) is 15.7. The van der Waals surface area contributed by atoms with Gasteiger partial charge in [-0.3, -0.25) is 0 Å². The standard InChI is InChI=1S/C13H22O4/c1-7-10(4)16-12(15)13(5,6)17-11(14)8-9(2)3/h8,10H,7H2,1-6H3. The summed E-state index contributed by atoms with van der Waals surface area (Å²) in [4.78, 5) is 23.2. The summed E-state index contributed by atoms with van der Waals surface area (Å²) >= 11 is 0. The summed E-state index contributed by atoms with van der Waals surface area (Å²) in [5, 5.41) is 0. The van der Waals surface area contributed by atoms with E-state index in [2.05, 4.69) is 0 Å².